The van der Waals surface area contributed by atoms with Crippen LogP contribution >= 0.6 is 0 Å². The molecule has 0 spiro atoms. The molecule has 0 radical (unpaired) electrons. The summed E-state index contributed by atoms with van der Waals surface area (Å²) in [6.07, 6.45) is 4.29. The van der Waals surface area contributed by atoms with Gasteiger partial charge in [0.05, 0.1) is 6.61 Å². The van der Waals surface area contributed by atoms with Crippen molar-refractivity contribution in [3.05, 3.63) is 29.3 Å². The van der Waals surface area contributed by atoms with Crippen molar-refractivity contribution in [3.8, 4) is 5.75 Å². The fraction of sp³-hybridized carbons (Fsp3) is 0.500. The summed E-state index contributed by atoms with van der Waals surface area (Å²) in [6, 6.07) is 6.27. The molecule has 0 amide bonds. The molecular formula is C14H18O2. The second-order valence-electron chi connectivity index (χ2n) is 4.25. The quantitative estimate of drug-likeness (QED) is 0.776. The Morgan fingerprint density at radius 3 is 3.12 bits per heavy atom. The van der Waals surface area contributed by atoms with E-state index in [9.17, 15) is 4.79 Å². The van der Waals surface area contributed by atoms with E-state index in [0.29, 0.717) is 18.6 Å². The average Bonchev–Trinajstić information content (AvgIpc) is 2.35. The molecule has 0 fully saturated rings. The number of rotatable bonds is 4. The molecule has 0 saturated carbocycles. The van der Waals surface area contributed by atoms with Gasteiger partial charge in [-0.25, -0.2) is 0 Å². The van der Waals surface area contributed by atoms with Gasteiger partial charge in [0.25, 0.3) is 0 Å². The third kappa shape index (κ3) is 2.43. The van der Waals surface area contributed by atoms with E-state index in [1.165, 1.54) is 11.1 Å². The molecule has 2 heteroatoms. The van der Waals surface area contributed by atoms with Crippen LogP contribution in [0.15, 0.2) is 18.2 Å². The van der Waals surface area contributed by atoms with Gasteiger partial charge in [-0.15, -0.1) is 0 Å². The minimum atomic E-state index is 0.327. The van der Waals surface area contributed by atoms with Crippen molar-refractivity contribution >= 4 is 5.78 Å². The topological polar surface area (TPSA) is 26.3 Å². The van der Waals surface area contributed by atoms with Crippen LogP contribution in [0.5, 0.6) is 5.75 Å². The second kappa shape index (κ2) is 5.15. The largest absolute Gasteiger partial charge is 0.493 e. The van der Waals surface area contributed by atoms with Gasteiger partial charge in [-0.3, -0.25) is 4.79 Å². The molecule has 86 valence electrons. The van der Waals surface area contributed by atoms with Gasteiger partial charge >= 0.3 is 0 Å². The van der Waals surface area contributed by atoms with E-state index >= 15 is 0 Å². The van der Waals surface area contributed by atoms with Gasteiger partial charge in [0.2, 0.25) is 0 Å². The number of para-hydroxylation sites is 1. The Kier molecular flexibility index (Phi) is 3.60. The van der Waals surface area contributed by atoms with E-state index in [0.717, 1.165) is 31.6 Å². The van der Waals surface area contributed by atoms with E-state index < -0.39 is 0 Å². The molecule has 0 unspecified atom stereocenters. The van der Waals surface area contributed by atoms with Crippen LogP contribution in [0.25, 0.3) is 0 Å². The molecule has 2 nitrogen and oxygen atoms in total. The molecule has 0 bridgehead atoms. The number of hydrogen-bond donors (Lipinski definition) is 0. The number of Topliss-reactive ketones (excluding diaryl/α,β-unsaturated/α-hetero) is 1. The molecule has 0 aromatic heterocycles. The summed E-state index contributed by atoms with van der Waals surface area (Å²) in [5.74, 6) is 1.37. The number of benzene rings is 1. The standard InChI is InChI=1S/C14H18O2/c1-2-13(15)9-8-12-6-3-5-11-7-4-10-16-14(11)12/h3,5-6H,2,4,7-10H2,1H3. The number of ether oxygens (including phenoxy) is 1. The summed E-state index contributed by atoms with van der Waals surface area (Å²) in [4.78, 5) is 11.3. The van der Waals surface area contributed by atoms with Crippen molar-refractivity contribution in [3.63, 3.8) is 0 Å². The van der Waals surface area contributed by atoms with Crippen LogP contribution in [0.1, 0.15) is 37.3 Å². The van der Waals surface area contributed by atoms with Crippen molar-refractivity contribution in [1.29, 1.82) is 0 Å². The van der Waals surface area contributed by atoms with Crippen molar-refractivity contribution in [1.82, 2.24) is 0 Å². The first-order valence-electron chi connectivity index (χ1n) is 6.06. The molecule has 2 rings (SSSR count). The Bertz CT molecular complexity index is 382. The SMILES string of the molecule is CCC(=O)CCc1cccc2c1OCCC2. The Balaban J connectivity index is 2.11. The van der Waals surface area contributed by atoms with E-state index in [-0.39, 0.29) is 0 Å². The van der Waals surface area contributed by atoms with Crippen LogP contribution in [0.3, 0.4) is 0 Å². The lowest BCUT2D eigenvalue weighted by Crippen LogP contribution is -2.11. The smallest absolute Gasteiger partial charge is 0.132 e. The lowest BCUT2D eigenvalue weighted by atomic mass is 9.98. The summed E-state index contributed by atoms with van der Waals surface area (Å²) in [5, 5.41) is 0. The fourth-order valence-corrected chi connectivity index (χ4v) is 2.10. The summed E-state index contributed by atoms with van der Waals surface area (Å²) in [6.45, 7) is 2.73. The predicted molar refractivity (Wildman–Crippen MR) is 63.9 cm³/mol. The number of aryl methyl sites for hydroxylation is 2. The first-order valence-corrected chi connectivity index (χ1v) is 6.06. The third-order valence-corrected chi connectivity index (χ3v) is 3.08. The lowest BCUT2D eigenvalue weighted by molar-refractivity contribution is -0.118. The van der Waals surface area contributed by atoms with Crippen molar-refractivity contribution in [2.45, 2.75) is 39.0 Å². The maximum absolute atomic E-state index is 11.3. The normalized spacial score (nSPS) is 14.1. The molecule has 16 heavy (non-hydrogen) atoms. The van der Waals surface area contributed by atoms with Gasteiger partial charge in [-0.2, -0.15) is 0 Å². The first-order chi connectivity index (χ1) is 7.81. The minimum Gasteiger partial charge on any atom is -0.493 e. The monoisotopic (exact) mass is 218 g/mol. The van der Waals surface area contributed by atoms with Crippen molar-refractivity contribution < 1.29 is 9.53 Å². The van der Waals surface area contributed by atoms with Gasteiger partial charge in [0.1, 0.15) is 11.5 Å². The van der Waals surface area contributed by atoms with E-state index in [1.54, 1.807) is 0 Å². The number of ketones is 1. The molecule has 1 aromatic rings. The number of carbonyl (C=O) groups excluding carboxylic acids is 1. The number of carbonyl (C=O) groups is 1. The zero-order valence-corrected chi connectivity index (χ0v) is 9.79. The van der Waals surface area contributed by atoms with Crippen LogP contribution in [0.2, 0.25) is 0 Å². The molecule has 0 aliphatic carbocycles. The lowest BCUT2D eigenvalue weighted by Gasteiger charge is -2.20. The second-order valence-corrected chi connectivity index (χ2v) is 4.25. The summed E-state index contributed by atoms with van der Waals surface area (Å²) < 4.78 is 5.71. The molecule has 1 aliphatic heterocycles. The number of hydrogen-bond acceptors (Lipinski definition) is 2. The molecule has 0 N–H and O–H groups in total. The van der Waals surface area contributed by atoms with Crippen molar-refractivity contribution in [2.75, 3.05) is 6.61 Å². The highest BCUT2D eigenvalue weighted by molar-refractivity contribution is 5.78. The fourth-order valence-electron chi connectivity index (χ4n) is 2.10. The Morgan fingerprint density at radius 2 is 2.31 bits per heavy atom. The maximum Gasteiger partial charge on any atom is 0.132 e. The third-order valence-electron chi connectivity index (χ3n) is 3.08. The Hall–Kier alpha value is -1.31. The highest BCUT2D eigenvalue weighted by Crippen LogP contribution is 2.29. The maximum atomic E-state index is 11.3. The first kappa shape index (κ1) is 11.2. The zero-order chi connectivity index (χ0) is 11.4. The van der Waals surface area contributed by atoms with Gasteiger partial charge < -0.3 is 4.74 Å². The van der Waals surface area contributed by atoms with Crippen LogP contribution < -0.4 is 4.74 Å². The molecule has 1 heterocycles. The molecule has 0 atom stereocenters. The van der Waals surface area contributed by atoms with Crippen LogP contribution in [0, 0.1) is 0 Å². The average molecular weight is 218 g/mol. The van der Waals surface area contributed by atoms with Crippen LogP contribution in [-0.4, -0.2) is 12.4 Å². The highest BCUT2D eigenvalue weighted by Gasteiger charge is 2.14. The van der Waals surface area contributed by atoms with Crippen molar-refractivity contribution in [2.24, 2.45) is 0 Å². The molecule has 0 saturated heterocycles. The van der Waals surface area contributed by atoms with Gasteiger partial charge in [0, 0.05) is 12.8 Å². The Morgan fingerprint density at radius 1 is 1.44 bits per heavy atom. The van der Waals surface area contributed by atoms with E-state index in [1.807, 2.05) is 6.92 Å². The predicted octanol–water partition coefficient (Wildman–Crippen LogP) is 2.92. The van der Waals surface area contributed by atoms with Crippen LogP contribution in [0.4, 0.5) is 0 Å². The zero-order valence-electron chi connectivity index (χ0n) is 9.79. The van der Waals surface area contributed by atoms with Gasteiger partial charge in [-0.05, 0) is 30.4 Å². The van der Waals surface area contributed by atoms with E-state index in [2.05, 4.69) is 18.2 Å². The summed E-state index contributed by atoms with van der Waals surface area (Å²) in [5.41, 5.74) is 2.49. The minimum absolute atomic E-state index is 0.327. The van der Waals surface area contributed by atoms with Gasteiger partial charge in [0.15, 0.2) is 0 Å². The molecule has 1 aliphatic rings. The van der Waals surface area contributed by atoms with E-state index in [4.69, 9.17) is 4.74 Å². The van der Waals surface area contributed by atoms with Crippen LogP contribution in [-0.2, 0) is 17.6 Å². The summed E-state index contributed by atoms with van der Waals surface area (Å²) in [7, 11) is 0. The molecular weight excluding hydrogens is 200 g/mol. The van der Waals surface area contributed by atoms with Gasteiger partial charge in [-0.1, -0.05) is 25.1 Å². The highest BCUT2D eigenvalue weighted by atomic mass is 16.5. The Labute approximate surface area is 96.6 Å². The summed E-state index contributed by atoms with van der Waals surface area (Å²) >= 11 is 0. The molecule has 1 aromatic carbocycles. The number of fused-ring (bicyclic) bond motifs is 1.